The monoisotopic (exact) mass is 367 g/mol. The van der Waals surface area contributed by atoms with Gasteiger partial charge in [0.25, 0.3) is 5.56 Å². The summed E-state index contributed by atoms with van der Waals surface area (Å²) in [6, 6.07) is 7.76. The van der Waals surface area contributed by atoms with Gasteiger partial charge in [-0.2, -0.15) is 0 Å². The van der Waals surface area contributed by atoms with E-state index in [4.69, 9.17) is 0 Å². The number of thiophene rings is 1. The zero-order valence-corrected chi connectivity index (χ0v) is 15.6. The molecule has 5 nitrogen and oxygen atoms in total. The summed E-state index contributed by atoms with van der Waals surface area (Å²) in [5.74, 6) is -0.221. The zero-order valence-electron chi connectivity index (χ0n) is 14.7. The molecule has 0 saturated carbocycles. The molecule has 26 heavy (non-hydrogen) atoms. The quantitative estimate of drug-likeness (QED) is 0.767. The third kappa shape index (κ3) is 3.17. The minimum atomic E-state index is -0.221. The lowest BCUT2D eigenvalue weighted by atomic mass is 9.97. The normalized spacial score (nSPS) is 13.6. The molecule has 0 bridgehead atoms. The van der Waals surface area contributed by atoms with Crippen molar-refractivity contribution >= 4 is 33.1 Å². The van der Waals surface area contributed by atoms with Crippen LogP contribution in [0.4, 0.5) is 5.69 Å². The number of aromatic nitrogens is 2. The Morgan fingerprint density at radius 1 is 1.23 bits per heavy atom. The van der Waals surface area contributed by atoms with Crippen molar-refractivity contribution in [1.82, 2.24) is 9.55 Å². The molecule has 2 aromatic heterocycles. The number of nitrogens with zero attached hydrogens (tertiary/aromatic N) is 2. The summed E-state index contributed by atoms with van der Waals surface area (Å²) in [6.45, 7) is 2.06. The SMILES string of the molecule is CCc1ccc(NC(=O)Cn2cnc3sc4c(c3c2=O)CCCC4)cc1. The first-order valence-corrected chi connectivity index (χ1v) is 9.86. The van der Waals surface area contributed by atoms with Gasteiger partial charge in [0.15, 0.2) is 0 Å². The van der Waals surface area contributed by atoms with Gasteiger partial charge in [-0.25, -0.2) is 4.98 Å². The van der Waals surface area contributed by atoms with E-state index in [0.717, 1.165) is 41.8 Å². The lowest BCUT2D eigenvalue weighted by Gasteiger charge is -2.11. The molecule has 4 rings (SSSR count). The summed E-state index contributed by atoms with van der Waals surface area (Å²) < 4.78 is 1.42. The van der Waals surface area contributed by atoms with Crippen LogP contribution in [-0.4, -0.2) is 15.5 Å². The van der Waals surface area contributed by atoms with Gasteiger partial charge in [-0.1, -0.05) is 19.1 Å². The average molecular weight is 367 g/mol. The van der Waals surface area contributed by atoms with Gasteiger partial charge in [-0.3, -0.25) is 14.2 Å². The number of carbonyl (C=O) groups excluding carboxylic acids is 1. The summed E-state index contributed by atoms with van der Waals surface area (Å²) in [6.07, 6.45) is 6.71. The number of aryl methyl sites for hydroxylation is 3. The molecule has 134 valence electrons. The number of benzene rings is 1. The molecule has 3 aromatic rings. The topological polar surface area (TPSA) is 64.0 Å². The molecule has 0 radical (unpaired) electrons. The van der Waals surface area contributed by atoms with Gasteiger partial charge < -0.3 is 5.32 Å². The van der Waals surface area contributed by atoms with E-state index in [1.807, 2.05) is 24.3 Å². The predicted octanol–water partition coefficient (Wildman–Crippen LogP) is 3.54. The second-order valence-electron chi connectivity index (χ2n) is 6.67. The van der Waals surface area contributed by atoms with Crippen LogP contribution >= 0.6 is 11.3 Å². The van der Waals surface area contributed by atoms with Crippen LogP contribution in [0.25, 0.3) is 10.2 Å². The minimum Gasteiger partial charge on any atom is -0.325 e. The fourth-order valence-corrected chi connectivity index (χ4v) is 4.69. The number of hydrogen-bond acceptors (Lipinski definition) is 4. The molecule has 0 aliphatic heterocycles. The lowest BCUT2D eigenvalue weighted by molar-refractivity contribution is -0.116. The predicted molar refractivity (Wildman–Crippen MR) is 105 cm³/mol. The maximum absolute atomic E-state index is 12.9. The zero-order chi connectivity index (χ0) is 18.1. The highest BCUT2D eigenvalue weighted by atomic mass is 32.1. The van der Waals surface area contributed by atoms with Crippen LogP contribution in [0.1, 0.15) is 35.8 Å². The summed E-state index contributed by atoms with van der Waals surface area (Å²) in [7, 11) is 0. The molecule has 0 atom stereocenters. The van der Waals surface area contributed by atoms with Gasteiger partial charge >= 0.3 is 0 Å². The van der Waals surface area contributed by atoms with Crippen LogP contribution in [0.2, 0.25) is 0 Å². The number of anilines is 1. The number of amides is 1. The molecule has 1 aromatic carbocycles. The Kier molecular flexibility index (Phi) is 4.59. The average Bonchev–Trinajstić information content (AvgIpc) is 3.04. The van der Waals surface area contributed by atoms with Crippen LogP contribution in [-0.2, 0) is 30.6 Å². The summed E-state index contributed by atoms with van der Waals surface area (Å²) in [5.41, 5.74) is 3.00. The number of fused-ring (bicyclic) bond motifs is 3. The van der Waals surface area contributed by atoms with E-state index < -0.39 is 0 Å². The number of carbonyl (C=O) groups is 1. The molecule has 1 amide bonds. The van der Waals surface area contributed by atoms with Gasteiger partial charge in [-0.05, 0) is 55.4 Å². The van der Waals surface area contributed by atoms with Crippen LogP contribution in [0, 0.1) is 0 Å². The molecule has 1 aliphatic rings. The maximum Gasteiger partial charge on any atom is 0.262 e. The molecule has 6 heteroatoms. The van der Waals surface area contributed by atoms with Crippen molar-refractivity contribution in [3.63, 3.8) is 0 Å². The van der Waals surface area contributed by atoms with Gasteiger partial charge in [0.1, 0.15) is 11.4 Å². The Morgan fingerprint density at radius 3 is 2.77 bits per heavy atom. The third-order valence-corrected chi connectivity index (χ3v) is 6.10. The fourth-order valence-electron chi connectivity index (χ4n) is 3.47. The summed E-state index contributed by atoms with van der Waals surface area (Å²) >= 11 is 1.62. The molecule has 2 heterocycles. The van der Waals surface area contributed by atoms with Gasteiger partial charge in [0.2, 0.25) is 5.91 Å². The van der Waals surface area contributed by atoms with E-state index in [1.54, 1.807) is 11.3 Å². The van der Waals surface area contributed by atoms with Crippen LogP contribution < -0.4 is 10.9 Å². The maximum atomic E-state index is 12.9. The molecular formula is C20H21N3O2S. The van der Waals surface area contributed by atoms with Crippen LogP contribution in [0.15, 0.2) is 35.4 Å². The van der Waals surface area contributed by atoms with E-state index in [-0.39, 0.29) is 18.0 Å². The number of rotatable bonds is 4. The Morgan fingerprint density at radius 2 is 2.00 bits per heavy atom. The smallest absolute Gasteiger partial charge is 0.262 e. The van der Waals surface area contributed by atoms with Crippen molar-refractivity contribution in [3.05, 3.63) is 57.0 Å². The standard InChI is InChI=1S/C20H21N3O2S/c1-2-13-7-9-14(10-8-13)22-17(24)11-23-12-21-19-18(20(23)25)15-5-3-4-6-16(15)26-19/h7-10,12H,2-6,11H2,1H3,(H,22,24). The highest BCUT2D eigenvalue weighted by Crippen LogP contribution is 2.33. The fraction of sp³-hybridized carbons (Fsp3) is 0.350. The van der Waals surface area contributed by atoms with Gasteiger partial charge in [-0.15, -0.1) is 11.3 Å². The van der Waals surface area contributed by atoms with E-state index in [2.05, 4.69) is 17.2 Å². The number of hydrogen-bond donors (Lipinski definition) is 1. The Hall–Kier alpha value is -2.47. The summed E-state index contributed by atoms with van der Waals surface area (Å²) in [4.78, 5) is 31.8. The van der Waals surface area contributed by atoms with Crippen molar-refractivity contribution in [2.75, 3.05) is 5.32 Å². The van der Waals surface area contributed by atoms with E-state index in [9.17, 15) is 9.59 Å². The second kappa shape index (κ2) is 7.03. The molecule has 0 saturated heterocycles. The highest BCUT2D eigenvalue weighted by molar-refractivity contribution is 7.18. The first kappa shape index (κ1) is 17.0. The van der Waals surface area contributed by atoms with Crippen molar-refractivity contribution in [3.8, 4) is 0 Å². The molecule has 1 aliphatic carbocycles. The molecule has 0 spiro atoms. The minimum absolute atomic E-state index is 0.0259. The van der Waals surface area contributed by atoms with Crippen molar-refractivity contribution < 1.29 is 4.79 Å². The first-order valence-electron chi connectivity index (χ1n) is 9.04. The van der Waals surface area contributed by atoms with E-state index in [1.165, 1.54) is 27.8 Å². The van der Waals surface area contributed by atoms with Gasteiger partial charge in [0, 0.05) is 10.6 Å². The molecule has 0 unspecified atom stereocenters. The van der Waals surface area contributed by atoms with Crippen molar-refractivity contribution in [2.24, 2.45) is 0 Å². The van der Waals surface area contributed by atoms with Crippen molar-refractivity contribution in [1.29, 1.82) is 0 Å². The summed E-state index contributed by atoms with van der Waals surface area (Å²) in [5, 5.41) is 3.56. The number of nitrogens with one attached hydrogen (secondary N) is 1. The van der Waals surface area contributed by atoms with Crippen molar-refractivity contribution in [2.45, 2.75) is 45.6 Å². The highest BCUT2D eigenvalue weighted by Gasteiger charge is 2.20. The Labute approximate surface area is 155 Å². The Balaban J connectivity index is 1.57. The van der Waals surface area contributed by atoms with Crippen LogP contribution in [0.3, 0.4) is 0 Å². The van der Waals surface area contributed by atoms with Crippen LogP contribution in [0.5, 0.6) is 0 Å². The van der Waals surface area contributed by atoms with E-state index >= 15 is 0 Å². The first-order chi connectivity index (χ1) is 12.7. The Bertz CT molecular complexity index is 1020. The molecular weight excluding hydrogens is 346 g/mol. The molecule has 1 N–H and O–H groups in total. The largest absolute Gasteiger partial charge is 0.325 e. The molecule has 0 fully saturated rings. The second-order valence-corrected chi connectivity index (χ2v) is 7.75. The van der Waals surface area contributed by atoms with E-state index in [0.29, 0.717) is 5.39 Å². The van der Waals surface area contributed by atoms with Gasteiger partial charge in [0.05, 0.1) is 11.7 Å². The lowest BCUT2D eigenvalue weighted by Crippen LogP contribution is -2.28. The third-order valence-electron chi connectivity index (χ3n) is 4.90.